The van der Waals surface area contributed by atoms with Crippen molar-refractivity contribution >= 4 is 33.2 Å². The fraction of sp³-hybridized carbons (Fsp3) is 0.286. The number of rotatable bonds is 3. The highest BCUT2D eigenvalue weighted by atomic mass is 79.9. The molecule has 0 spiro atoms. The zero-order chi connectivity index (χ0) is 8.27. The van der Waals surface area contributed by atoms with Gasteiger partial charge in [-0.3, -0.25) is 4.79 Å². The van der Waals surface area contributed by atoms with Crippen LogP contribution < -0.4 is 0 Å². The van der Waals surface area contributed by atoms with Gasteiger partial charge in [0, 0.05) is 16.3 Å². The average Bonchev–Trinajstić information content (AvgIpc) is 2.31. The lowest BCUT2D eigenvalue weighted by atomic mass is 10.2. The normalized spacial score (nSPS) is 9.91. The van der Waals surface area contributed by atoms with E-state index in [9.17, 15) is 4.79 Å². The Balaban J connectivity index is 2.51. The fourth-order valence-corrected chi connectivity index (χ4v) is 2.26. The van der Waals surface area contributed by atoms with E-state index in [4.69, 9.17) is 5.11 Å². The molecular formula is C7H7BrO2S. The van der Waals surface area contributed by atoms with Crippen molar-refractivity contribution < 1.29 is 9.90 Å². The maximum absolute atomic E-state index is 10.2. The Morgan fingerprint density at radius 1 is 1.64 bits per heavy atom. The number of thiophene rings is 1. The molecule has 0 unspecified atom stereocenters. The lowest BCUT2D eigenvalue weighted by Crippen LogP contribution is -1.96. The van der Waals surface area contributed by atoms with Crippen LogP contribution in [0.1, 0.15) is 12.0 Å². The third-order valence-corrected chi connectivity index (χ3v) is 3.13. The third-order valence-electron chi connectivity index (χ3n) is 1.30. The van der Waals surface area contributed by atoms with Crippen LogP contribution in [0.5, 0.6) is 0 Å². The standard InChI is InChI=1S/C7H7BrO2S/c8-6-4-11-3-5(6)1-2-7(9)10/h3-4H,1-2H2,(H,9,10). The van der Waals surface area contributed by atoms with Crippen molar-refractivity contribution in [1.29, 1.82) is 0 Å². The summed E-state index contributed by atoms with van der Waals surface area (Å²) in [7, 11) is 0. The van der Waals surface area contributed by atoms with Gasteiger partial charge in [-0.1, -0.05) is 0 Å². The predicted molar refractivity (Wildman–Crippen MR) is 48.0 cm³/mol. The molecule has 0 radical (unpaired) electrons. The predicted octanol–water partition coefficient (Wildman–Crippen LogP) is 2.53. The molecule has 0 saturated carbocycles. The van der Waals surface area contributed by atoms with E-state index < -0.39 is 5.97 Å². The fourth-order valence-electron chi connectivity index (χ4n) is 0.728. The lowest BCUT2D eigenvalue weighted by molar-refractivity contribution is -0.136. The Hall–Kier alpha value is -0.350. The summed E-state index contributed by atoms with van der Waals surface area (Å²) < 4.78 is 1.02. The van der Waals surface area contributed by atoms with E-state index in [2.05, 4.69) is 15.9 Å². The number of carboxylic acids is 1. The van der Waals surface area contributed by atoms with Crippen molar-refractivity contribution in [3.8, 4) is 0 Å². The molecule has 0 saturated heterocycles. The monoisotopic (exact) mass is 234 g/mol. The van der Waals surface area contributed by atoms with Crippen molar-refractivity contribution in [2.24, 2.45) is 0 Å². The van der Waals surface area contributed by atoms with E-state index >= 15 is 0 Å². The summed E-state index contributed by atoms with van der Waals surface area (Å²) in [4.78, 5) is 10.2. The number of hydrogen-bond acceptors (Lipinski definition) is 2. The summed E-state index contributed by atoms with van der Waals surface area (Å²) in [6.07, 6.45) is 0.814. The number of carboxylic acid groups (broad SMARTS) is 1. The summed E-state index contributed by atoms with van der Waals surface area (Å²) >= 11 is 4.91. The van der Waals surface area contributed by atoms with Crippen LogP contribution in [0, 0.1) is 0 Å². The molecule has 1 heterocycles. The van der Waals surface area contributed by atoms with E-state index in [1.54, 1.807) is 11.3 Å². The first-order valence-corrected chi connectivity index (χ1v) is 4.86. The van der Waals surface area contributed by atoms with Crippen LogP contribution in [-0.2, 0) is 11.2 Å². The molecule has 0 aliphatic rings. The number of aryl methyl sites for hydroxylation is 1. The molecule has 0 fully saturated rings. The van der Waals surface area contributed by atoms with Crippen molar-refractivity contribution in [2.45, 2.75) is 12.8 Å². The van der Waals surface area contributed by atoms with Crippen molar-refractivity contribution in [1.82, 2.24) is 0 Å². The van der Waals surface area contributed by atoms with Crippen molar-refractivity contribution in [3.05, 3.63) is 20.8 Å². The van der Waals surface area contributed by atoms with Gasteiger partial charge in [-0.25, -0.2) is 0 Å². The summed E-state index contributed by atoms with van der Waals surface area (Å²) in [6, 6.07) is 0. The molecule has 0 atom stereocenters. The van der Waals surface area contributed by atoms with Gasteiger partial charge >= 0.3 is 5.97 Å². The largest absolute Gasteiger partial charge is 0.481 e. The molecule has 4 heteroatoms. The highest BCUT2D eigenvalue weighted by Crippen LogP contribution is 2.22. The van der Waals surface area contributed by atoms with Crippen LogP contribution in [0.2, 0.25) is 0 Å². The van der Waals surface area contributed by atoms with Gasteiger partial charge in [0.25, 0.3) is 0 Å². The molecule has 11 heavy (non-hydrogen) atoms. The number of aliphatic carboxylic acids is 1. The van der Waals surface area contributed by atoms with Gasteiger partial charge in [0.1, 0.15) is 0 Å². The van der Waals surface area contributed by atoms with Crippen LogP contribution in [-0.4, -0.2) is 11.1 Å². The third kappa shape index (κ3) is 2.63. The SMILES string of the molecule is O=C(O)CCc1cscc1Br. The minimum atomic E-state index is -0.747. The van der Waals surface area contributed by atoms with Gasteiger partial charge in [-0.15, -0.1) is 0 Å². The molecular weight excluding hydrogens is 228 g/mol. The minimum Gasteiger partial charge on any atom is -0.481 e. The molecule has 1 rings (SSSR count). The first-order chi connectivity index (χ1) is 5.20. The molecule has 0 aliphatic heterocycles. The summed E-state index contributed by atoms with van der Waals surface area (Å²) in [5.41, 5.74) is 1.08. The number of halogens is 1. The topological polar surface area (TPSA) is 37.3 Å². The Bertz CT molecular complexity index is 257. The Morgan fingerprint density at radius 2 is 2.36 bits per heavy atom. The first-order valence-electron chi connectivity index (χ1n) is 3.12. The molecule has 1 N–H and O–H groups in total. The molecule has 2 nitrogen and oxygen atoms in total. The summed E-state index contributed by atoms with van der Waals surface area (Å²) in [5.74, 6) is -0.747. The Morgan fingerprint density at radius 3 is 2.82 bits per heavy atom. The second-order valence-electron chi connectivity index (χ2n) is 2.14. The second-order valence-corrected chi connectivity index (χ2v) is 3.74. The Kier molecular flexibility index (Phi) is 3.08. The zero-order valence-corrected chi connectivity index (χ0v) is 8.11. The van der Waals surface area contributed by atoms with Crippen molar-refractivity contribution in [2.75, 3.05) is 0 Å². The maximum atomic E-state index is 10.2. The molecule has 0 aliphatic carbocycles. The number of hydrogen-bond donors (Lipinski definition) is 1. The highest BCUT2D eigenvalue weighted by Gasteiger charge is 2.02. The van der Waals surface area contributed by atoms with Crippen molar-refractivity contribution in [3.63, 3.8) is 0 Å². The van der Waals surface area contributed by atoms with E-state index in [1.165, 1.54) is 0 Å². The van der Waals surface area contributed by atoms with Crippen LogP contribution >= 0.6 is 27.3 Å². The molecule has 1 aromatic rings. The smallest absolute Gasteiger partial charge is 0.303 e. The Labute approximate surface area is 77.0 Å². The zero-order valence-electron chi connectivity index (χ0n) is 5.71. The first kappa shape index (κ1) is 8.74. The van der Waals surface area contributed by atoms with Gasteiger partial charge in [-0.05, 0) is 33.3 Å². The van der Waals surface area contributed by atoms with E-state index in [-0.39, 0.29) is 6.42 Å². The van der Waals surface area contributed by atoms with Gasteiger partial charge in [0.15, 0.2) is 0 Å². The molecule has 0 aromatic carbocycles. The van der Waals surface area contributed by atoms with Crippen LogP contribution in [0.3, 0.4) is 0 Å². The van der Waals surface area contributed by atoms with E-state index in [0.29, 0.717) is 6.42 Å². The van der Waals surface area contributed by atoms with E-state index in [0.717, 1.165) is 10.0 Å². The molecule has 0 amide bonds. The van der Waals surface area contributed by atoms with Crippen LogP contribution in [0.4, 0.5) is 0 Å². The van der Waals surface area contributed by atoms with Gasteiger partial charge in [-0.2, -0.15) is 11.3 Å². The quantitative estimate of drug-likeness (QED) is 0.873. The summed E-state index contributed by atoms with van der Waals surface area (Å²) in [6.45, 7) is 0. The second kappa shape index (κ2) is 3.88. The minimum absolute atomic E-state index is 0.204. The van der Waals surface area contributed by atoms with Crippen LogP contribution in [0.25, 0.3) is 0 Å². The van der Waals surface area contributed by atoms with Gasteiger partial charge in [0.05, 0.1) is 0 Å². The molecule has 0 bridgehead atoms. The van der Waals surface area contributed by atoms with Gasteiger partial charge < -0.3 is 5.11 Å². The van der Waals surface area contributed by atoms with E-state index in [1.807, 2.05) is 10.8 Å². The number of carbonyl (C=O) groups is 1. The average molecular weight is 235 g/mol. The molecule has 1 aromatic heterocycles. The summed E-state index contributed by atoms with van der Waals surface area (Å²) in [5, 5.41) is 12.3. The molecule has 60 valence electrons. The van der Waals surface area contributed by atoms with Crippen LogP contribution in [0.15, 0.2) is 15.2 Å². The van der Waals surface area contributed by atoms with Gasteiger partial charge in [0.2, 0.25) is 0 Å². The highest BCUT2D eigenvalue weighted by molar-refractivity contribution is 9.10. The maximum Gasteiger partial charge on any atom is 0.303 e. The lowest BCUT2D eigenvalue weighted by Gasteiger charge is -1.93.